The van der Waals surface area contributed by atoms with Crippen LogP contribution in [0.2, 0.25) is 0 Å². The fraction of sp³-hybridized carbons (Fsp3) is 0.500. The molecule has 0 unspecified atom stereocenters. The fourth-order valence-corrected chi connectivity index (χ4v) is 6.96. The molecule has 2 fully saturated rings. The third-order valence-electron chi connectivity index (χ3n) is 8.83. The van der Waals surface area contributed by atoms with Gasteiger partial charge in [0.2, 0.25) is 0 Å². The van der Waals surface area contributed by atoms with Crippen molar-refractivity contribution in [1.82, 2.24) is 34.3 Å². The number of amides is 1. The largest absolute Gasteiger partial charge is 0.444 e. The number of aromatic nitrogens is 5. The van der Waals surface area contributed by atoms with Crippen LogP contribution in [0.25, 0.3) is 22.2 Å². The zero-order valence-electron chi connectivity index (χ0n) is 27.1. The molecule has 238 valence electrons. The minimum absolute atomic E-state index is 0.0303. The van der Waals surface area contributed by atoms with Crippen molar-refractivity contribution in [3.63, 3.8) is 0 Å². The fourth-order valence-electron chi connectivity index (χ4n) is 6.96. The molecule has 2 aliphatic heterocycles. The number of fused-ring (bicyclic) bond motifs is 2. The number of halogens is 2. The summed E-state index contributed by atoms with van der Waals surface area (Å²) in [5, 5.41) is 0. The summed E-state index contributed by atoms with van der Waals surface area (Å²) in [5.74, 6) is 0.259. The molecular formula is C34H41F2N7O2. The van der Waals surface area contributed by atoms with Crippen molar-refractivity contribution in [3.8, 4) is 11.1 Å². The van der Waals surface area contributed by atoms with Gasteiger partial charge in [0.1, 0.15) is 28.6 Å². The van der Waals surface area contributed by atoms with Crippen molar-refractivity contribution in [2.45, 2.75) is 85.5 Å². The summed E-state index contributed by atoms with van der Waals surface area (Å²) in [5.41, 5.74) is 2.72. The van der Waals surface area contributed by atoms with Crippen LogP contribution in [0.1, 0.15) is 76.9 Å². The maximum absolute atomic E-state index is 15.1. The van der Waals surface area contributed by atoms with Crippen LogP contribution in [0.3, 0.4) is 0 Å². The van der Waals surface area contributed by atoms with Gasteiger partial charge in [-0.3, -0.25) is 9.88 Å². The van der Waals surface area contributed by atoms with Crippen LogP contribution >= 0.6 is 0 Å². The summed E-state index contributed by atoms with van der Waals surface area (Å²) in [4.78, 5) is 34.7. The first-order valence-electron chi connectivity index (χ1n) is 15.6. The average molecular weight is 618 g/mol. The second kappa shape index (κ2) is 11.4. The molecule has 0 radical (unpaired) electrons. The van der Waals surface area contributed by atoms with Gasteiger partial charge >= 0.3 is 6.09 Å². The average Bonchev–Trinajstić information content (AvgIpc) is 3.29. The Morgan fingerprint density at radius 3 is 2.47 bits per heavy atom. The van der Waals surface area contributed by atoms with Gasteiger partial charge in [0, 0.05) is 72.9 Å². The van der Waals surface area contributed by atoms with Crippen molar-refractivity contribution in [2.75, 3.05) is 19.6 Å². The van der Waals surface area contributed by atoms with Crippen LogP contribution in [0.4, 0.5) is 13.6 Å². The van der Waals surface area contributed by atoms with Crippen LogP contribution in [0.5, 0.6) is 0 Å². The molecule has 2 atom stereocenters. The molecule has 2 aliphatic rings. The monoisotopic (exact) mass is 617 g/mol. The Balaban J connectivity index is 1.12. The number of carbonyl (C=O) groups is 1. The van der Waals surface area contributed by atoms with Gasteiger partial charge in [-0.25, -0.2) is 28.5 Å². The SMILES string of the molecule is Cc1nc2c(F)cc(-c3cc(Cc4ncc(CN5C[C@@]6(C)CN(C(=O)OC(C)(C)C)CC[C@@H]56)cn4)ncc3F)cc2n1C(C)C. The first kappa shape index (κ1) is 31.0. The number of piperidine rings is 1. The van der Waals surface area contributed by atoms with E-state index in [9.17, 15) is 4.79 Å². The molecular weight excluding hydrogens is 576 g/mol. The van der Waals surface area contributed by atoms with Gasteiger partial charge in [-0.05, 0) is 71.7 Å². The number of benzene rings is 1. The number of rotatable bonds is 6. The molecule has 2 saturated heterocycles. The van der Waals surface area contributed by atoms with Gasteiger partial charge in [-0.1, -0.05) is 6.92 Å². The Labute approximate surface area is 262 Å². The standard InChI is InChI=1S/C34H41F2N7O2/c1-20(2)43-21(3)40-31-26(35)10-23(11-28(31)43)25-12-24(37-16-27(25)36)13-30-38-14-22(15-39-30)17-42-19-34(7)18-41(9-8-29(34)42)32(44)45-33(4,5)6/h10-12,14-16,20,29H,8-9,13,17-19H2,1-7H3/t29-,34-/m1/s1. The number of imidazole rings is 1. The number of hydrogen-bond acceptors (Lipinski definition) is 7. The molecule has 3 aromatic heterocycles. The molecule has 0 bridgehead atoms. The molecule has 0 aliphatic carbocycles. The van der Waals surface area contributed by atoms with Crippen molar-refractivity contribution in [3.05, 3.63) is 71.3 Å². The molecule has 4 aromatic rings. The third-order valence-corrected chi connectivity index (χ3v) is 8.83. The number of likely N-dealkylation sites (tertiary alicyclic amines) is 2. The van der Waals surface area contributed by atoms with Gasteiger partial charge < -0.3 is 14.2 Å². The van der Waals surface area contributed by atoms with Gasteiger partial charge in [0.15, 0.2) is 5.82 Å². The summed E-state index contributed by atoms with van der Waals surface area (Å²) in [6.07, 6.45) is 5.79. The van der Waals surface area contributed by atoms with Gasteiger partial charge in [-0.15, -0.1) is 0 Å². The second-order valence-electron chi connectivity index (χ2n) is 14.1. The summed E-state index contributed by atoms with van der Waals surface area (Å²) < 4.78 is 37.6. The zero-order chi connectivity index (χ0) is 32.3. The Morgan fingerprint density at radius 2 is 1.80 bits per heavy atom. The van der Waals surface area contributed by atoms with Gasteiger partial charge in [0.05, 0.1) is 18.1 Å². The van der Waals surface area contributed by atoms with E-state index < -0.39 is 17.2 Å². The molecule has 45 heavy (non-hydrogen) atoms. The van der Waals surface area contributed by atoms with Crippen LogP contribution in [-0.2, 0) is 17.7 Å². The Hall–Kier alpha value is -3.99. The Kier molecular flexibility index (Phi) is 7.87. The summed E-state index contributed by atoms with van der Waals surface area (Å²) >= 11 is 0. The highest BCUT2D eigenvalue weighted by Crippen LogP contribution is 2.44. The van der Waals surface area contributed by atoms with E-state index in [1.807, 2.05) is 63.4 Å². The van der Waals surface area contributed by atoms with Crippen LogP contribution in [-0.4, -0.2) is 71.7 Å². The van der Waals surface area contributed by atoms with Crippen molar-refractivity contribution in [2.24, 2.45) is 5.41 Å². The first-order valence-corrected chi connectivity index (χ1v) is 15.6. The number of hydrogen-bond donors (Lipinski definition) is 0. The zero-order valence-corrected chi connectivity index (χ0v) is 27.1. The molecule has 0 spiro atoms. The van der Waals surface area contributed by atoms with E-state index >= 15 is 8.78 Å². The predicted molar refractivity (Wildman–Crippen MR) is 168 cm³/mol. The third kappa shape index (κ3) is 6.14. The quantitative estimate of drug-likeness (QED) is 0.245. The number of ether oxygens (including phenoxy) is 1. The molecule has 6 rings (SSSR count). The molecule has 9 nitrogen and oxygen atoms in total. The highest BCUT2D eigenvalue weighted by Gasteiger charge is 2.52. The molecule has 11 heteroatoms. The lowest BCUT2D eigenvalue weighted by molar-refractivity contribution is -0.116. The maximum atomic E-state index is 15.1. The summed E-state index contributed by atoms with van der Waals surface area (Å²) in [6.45, 7) is 16.7. The number of carbonyl (C=O) groups excluding carboxylic acids is 1. The smallest absolute Gasteiger partial charge is 0.410 e. The topological polar surface area (TPSA) is 89.3 Å². The van der Waals surface area contributed by atoms with E-state index in [0.717, 1.165) is 25.1 Å². The Bertz CT molecular complexity index is 1750. The lowest BCUT2D eigenvalue weighted by Gasteiger charge is -2.60. The first-order chi connectivity index (χ1) is 21.2. The summed E-state index contributed by atoms with van der Waals surface area (Å²) in [7, 11) is 0. The lowest BCUT2D eigenvalue weighted by Crippen LogP contribution is -2.70. The predicted octanol–water partition coefficient (Wildman–Crippen LogP) is 6.48. The van der Waals surface area contributed by atoms with Crippen LogP contribution < -0.4 is 0 Å². The Morgan fingerprint density at radius 1 is 1.07 bits per heavy atom. The lowest BCUT2D eigenvalue weighted by atomic mass is 9.69. The number of nitrogens with zero attached hydrogens (tertiary/aromatic N) is 7. The number of pyridine rings is 1. The van der Waals surface area contributed by atoms with Crippen molar-refractivity contribution < 1.29 is 18.3 Å². The van der Waals surface area contributed by atoms with Crippen LogP contribution in [0.15, 0.2) is 36.8 Å². The van der Waals surface area contributed by atoms with Gasteiger partial charge in [-0.2, -0.15) is 0 Å². The minimum Gasteiger partial charge on any atom is -0.444 e. The number of aryl methyl sites for hydroxylation is 1. The van der Waals surface area contributed by atoms with Gasteiger partial charge in [0.25, 0.3) is 0 Å². The molecule has 5 heterocycles. The molecule has 0 saturated carbocycles. The van der Waals surface area contributed by atoms with E-state index in [1.165, 1.54) is 12.3 Å². The van der Waals surface area contributed by atoms with Crippen molar-refractivity contribution in [1.29, 1.82) is 0 Å². The highest BCUT2D eigenvalue weighted by molar-refractivity contribution is 5.83. The summed E-state index contributed by atoms with van der Waals surface area (Å²) in [6, 6.07) is 5.21. The molecule has 0 N–H and O–H groups in total. The van der Waals surface area contributed by atoms with E-state index in [4.69, 9.17) is 4.74 Å². The van der Waals surface area contributed by atoms with E-state index in [-0.39, 0.29) is 28.6 Å². The van der Waals surface area contributed by atoms with Crippen LogP contribution in [0, 0.1) is 24.0 Å². The van der Waals surface area contributed by atoms with E-state index in [2.05, 4.69) is 31.8 Å². The highest BCUT2D eigenvalue weighted by atomic mass is 19.1. The van der Waals surface area contributed by atoms with E-state index in [0.29, 0.717) is 54.0 Å². The maximum Gasteiger partial charge on any atom is 0.410 e. The minimum atomic E-state index is -0.528. The van der Waals surface area contributed by atoms with E-state index in [1.54, 1.807) is 12.1 Å². The molecule has 1 aromatic carbocycles. The normalized spacial score (nSPS) is 20.4. The second-order valence-corrected chi connectivity index (χ2v) is 14.1. The molecule has 1 amide bonds. The van der Waals surface area contributed by atoms with Crippen molar-refractivity contribution >= 4 is 17.1 Å².